The van der Waals surface area contributed by atoms with Crippen LogP contribution in [0.3, 0.4) is 0 Å². The first-order chi connectivity index (χ1) is 13.7. The number of hydrogen-bond donors (Lipinski definition) is 0. The monoisotopic (exact) mass is 409 g/mol. The van der Waals surface area contributed by atoms with Crippen molar-refractivity contribution >= 4 is 45.4 Å². The van der Waals surface area contributed by atoms with E-state index in [1.807, 2.05) is 41.1 Å². The van der Waals surface area contributed by atoms with Crippen molar-refractivity contribution in [2.75, 3.05) is 0 Å². The molecule has 1 amide bonds. The minimum Gasteiger partial charge on any atom is -0.408 e. The smallest absolute Gasteiger partial charge is 0.408 e. The number of aromatic nitrogens is 1. The maximum atomic E-state index is 13.2. The van der Waals surface area contributed by atoms with Gasteiger partial charge in [0.1, 0.15) is 6.54 Å². The van der Waals surface area contributed by atoms with Crippen LogP contribution in [0.25, 0.3) is 11.1 Å². The zero-order chi connectivity index (χ0) is 19.1. The van der Waals surface area contributed by atoms with Crippen LogP contribution in [0.2, 0.25) is 0 Å². The molecule has 0 unspecified atom stereocenters. The highest BCUT2D eigenvalue weighted by Gasteiger charge is 2.34. The van der Waals surface area contributed by atoms with Crippen LogP contribution in [0.15, 0.2) is 73.6 Å². The molecule has 0 N–H and O–H groups in total. The van der Waals surface area contributed by atoms with E-state index in [1.54, 1.807) is 40.9 Å². The van der Waals surface area contributed by atoms with Gasteiger partial charge in [0, 0.05) is 11.3 Å². The molecule has 0 saturated carbocycles. The van der Waals surface area contributed by atoms with Gasteiger partial charge in [-0.25, -0.2) is 9.80 Å². The molecule has 1 atom stereocenters. The molecule has 1 aliphatic rings. The molecule has 6 nitrogen and oxygen atoms in total. The molecule has 1 aliphatic heterocycles. The van der Waals surface area contributed by atoms with E-state index in [-0.39, 0.29) is 18.5 Å². The van der Waals surface area contributed by atoms with Crippen LogP contribution in [-0.2, 0) is 11.3 Å². The number of hydrazone groups is 1. The van der Waals surface area contributed by atoms with E-state index in [2.05, 4.69) is 5.10 Å². The number of nitrogens with zero attached hydrogens (tertiary/aromatic N) is 3. The highest BCUT2D eigenvalue weighted by atomic mass is 32.1. The molecule has 0 aliphatic carbocycles. The molecule has 0 spiro atoms. The summed E-state index contributed by atoms with van der Waals surface area (Å²) in [4.78, 5) is 27.5. The number of carbonyl (C=O) groups excluding carboxylic acids is 1. The Morgan fingerprint density at radius 1 is 1.11 bits per heavy atom. The Hall–Kier alpha value is -2.97. The Morgan fingerprint density at radius 3 is 2.71 bits per heavy atom. The largest absolute Gasteiger partial charge is 0.420 e. The molecule has 0 saturated heterocycles. The fourth-order valence-corrected chi connectivity index (χ4v) is 4.94. The van der Waals surface area contributed by atoms with E-state index in [4.69, 9.17) is 4.42 Å². The van der Waals surface area contributed by atoms with Crippen molar-refractivity contribution in [2.24, 2.45) is 5.10 Å². The average Bonchev–Trinajstić information content (AvgIpc) is 3.48. The van der Waals surface area contributed by atoms with Gasteiger partial charge in [-0.15, -0.1) is 22.7 Å². The number of amides is 1. The number of thiophene rings is 2. The molecule has 140 valence electrons. The molecule has 8 heteroatoms. The normalized spacial score (nSPS) is 16.6. The number of benzene rings is 1. The molecular formula is C20H15N3O3S2. The van der Waals surface area contributed by atoms with E-state index < -0.39 is 5.76 Å². The second-order valence-electron chi connectivity index (χ2n) is 6.42. The molecule has 4 aromatic rings. The van der Waals surface area contributed by atoms with Crippen molar-refractivity contribution in [1.29, 1.82) is 0 Å². The van der Waals surface area contributed by atoms with E-state index >= 15 is 0 Å². The first-order valence-corrected chi connectivity index (χ1v) is 10.5. The Kier molecular flexibility index (Phi) is 4.22. The maximum Gasteiger partial charge on any atom is 0.420 e. The van der Waals surface area contributed by atoms with E-state index in [0.717, 1.165) is 15.5 Å². The molecular weight excluding hydrogens is 394 g/mol. The van der Waals surface area contributed by atoms with Gasteiger partial charge < -0.3 is 4.42 Å². The highest BCUT2D eigenvalue weighted by molar-refractivity contribution is 7.12. The van der Waals surface area contributed by atoms with Gasteiger partial charge in [0.2, 0.25) is 0 Å². The summed E-state index contributed by atoms with van der Waals surface area (Å²) in [5, 5.41) is 10.1. The van der Waals surface area contributed by atoms with Crippen molar-refractivity contribution in [2.45, 2.75) is 19.0 Å². The summed E-state index contributed by atoms with van der Waals surface area (Å²) < 4.78 is 6.61. The molecule has 1 aromatic carbocycles. The lowest BCUT2D eigenvalue weighted by molar-refractivity contribution is -0.133. The van der Waals surface area contributed by atoms with Gasteiger partial charge in [-0.3, -0.25) is 9.36 Å². The lowest BCUT2D eigenvalue weighted by atomic mass is 10.1. The summed E-state index contributed by atoms with van der Waals surface area (Å²) in [6.07, 6.45) is 0.661. The third-order valence-electron chi connectivity index (χ3n) is 4.71. The second-order valence-corrected chi connectivity index (χ2v) is 8.35. The van der Waals surface area contributed by atoms with Crippen LogP contribution in [0.4, 0.5) is 0 Å². The Balaban J connectivity index is 1.50. The van der Waals surface area contributed by atoms with Crippen molar-refractivity contribution < 1.29 is 9.21 Å². The maximum absolute atomic E-state index is 13.2. The Bertz CT molecular complexity index is 1220. The van der Waals surface area contributed by atoms with Gasteiger partial charge in [-0.05, 0) is 35.0 Å². The van der Waals surface area contributed by atoms with Crippen molar-refractivity contribution in [3.05, 3.63) is 79.6 Å². The number of para-hydroxylation sites is 2. The van der Waals surface area contributed by atoms with Crippen LogP contribution < -0.4 is 5.76 Å². The summed E-state index contributed by atoms with van der Waals surface area (Å²) in [6, 6.07) is 14.9. The van der Waals surface area contributed by atoms with Crippen LogP contribution in [0.5, 0.6) is 0 Å². The summed E-state index contributed by atoms with van der Waals surface area (Å²) in [7, 11) is 0. The predicted molar refractivity (Wildman–Crippen MR) is 110 cm³/mol. The quantitative estimate of drug-likeness (QED) is 0.510. The Labute approximate surface area is 167 Å². The SMILES string of the molecule is O=C(Cn1c(=O)oc2ccccc21)N1N=C(c2cccs2)C[C@H]1c1cccs1. The van der Waals surface area contributed by atoms with Gasteiger partial charge in [-0.2, -0.15) is 5.10 Å². The average molecular weight is 409 g/mol. The number of rotatable bonds is 4. The van der Waals surface area contributed by atoms with Crippen LogP contribution in [-0.4, -0.2) is 21.2 Å². The third-order valence-corrected chi connectivity index (χ3v) is 6.60. The molecule has 4 heterocycles. The summed E-state index contributed by atoms with van der Waals surface area (Å²) in [5.74, 6) is -0.775. The number of oxazole rings is 1. The number of hydrogen-bond acceptors (Lipinski definition) is 6. The Morgan fingerprint density at radius 2 is 1.93 bits per heavy atom. The minimum absolute atomic E-state index is 0.112. The van der Waals surface area contributed by atoms with Gasteiger partial charge in [0.05, 0.1) is 22.1 Å². The van der Waals surface area contributed by atoms with Gasteiger partial charge >= 0.3 is 5.76 Å². The van der Waals surface area contributed by atoms with Gasteiger partial charge in [0.25, 0.3) is 5.91 Å². The van der Waals surface area contributed by atoms with E-state index in [1.165, 1.54) is 9.58 Å². The lowest BCUT2D eigenvalue weighted by Gasteiger charge is -2.20. The highest BCUT2D eigenvalue weighted by Crippen LogP contribution is 2.36. The predicted octanol–water partition coefficient (Wildman–Crippen LogP) is 4.10. The van der Waals surface area contributed by atoms with Crippen molar-refractivity contribution in [3.63, 3.8) is 0 Å². The fourth-order valence-electron chi connectivity index (χ4n) is 3.41. The lowest BCUT2D eigenvalue weighted by Crippen LogP contribution is -2.32. The molecule has 5 rings (SSSR count). The summed E-state index contributed by atoms with van der Waals surface area (Å²) >= 11 is 3.21. The van der Waals surface area contributed by atoms with E-state index in [0.29, 0.717) is 17.5 Å². The van der Waals surface area contributed by atoms with Crippen LogP contribution in [0, 0.1) is 0 Å². The molecule has 28 heavy (non-hydrogen) atoms. The number of fused-ring (bicyclic) bond motifs is 1. The zero-order valence-corrected chi connectivity index (χ0v) is 16.3. The first-order valence-electron chi connectivity index (χ1n) is 8.76. The van der Waals surface area contributed by atoms with E-state index in [9.17, 15) is 9.59 Å². The van der Waals surface area contributed by atoms with Gasteiger partial charge in [0.15, 0.2) is 5.58 Å². The molecule has 3 aromatic heterocycles. The van der Waals surface area contributed by atoms with Gasteiger partial charge in [-0.1, -0.05) is 24.3 Å². The first kappa shape index (κ1) is 17.2. The summed E-state index contributed by atoms with van der Waals surface area (Å²) in [5.41, 5.74) is 1.97. The number of carbonyl (C=O) groups is 1. The minimum atomic E-state index is -0.538. The molecule has 0 bridgehead atoms. The molecule has 0 radical (unpaired) electrons. The van der Waals surface area contributed by atoms with Crippen LogP contribution in [0.1, 0.15) is 22.2 Å². The van der Waals surface area contributed by atoms with Crippen molar-refractivity contribution in [1.82, 2.24) is 9.58 Å². The molecule has 0 fully saturated rings. The third kappa shape index (κ3) is 2.90. The standard InChI is InChI=1S/C20H15N3O3S2/c24-19(12-22-14-5-1-2-6-16(14)26-20(22)25)23-15(18-8-4-10-28-18)11-13(21-23)17-7-3-9-27-17/h1-10,15H,11-12H2/t15-/m0/s1. The fraction of sp³-hybridized carbons (Fsp3) is 0.150. The zero-order valence-electron chi connectivity index (χ0n) is 14.6. The van der Waals surface area contributed by atoms with Crippen LogP contribution >= 0.6 is 22.7 Å². The van der Waals surface area contributed by atoms with Crippen molar-refractivity contribution in [3.8, 4) is 0 Å². The second kappa shape index (κ2) is 6.88. The topological polar surface area (TPSA) is 67.8 Å². The summed E-state index contributed by atoms with van der Waals surface area (Å²) in [6.45, 7) is -0.112.